The molecule has 0 bridgehead atoms. The van der Waals surface area contributed by atoms with Crippen LogP contribution in [0.25, 0.3) is 0 Å². The maximum absolute atomic E-state index is 10.6. The van der Waals surface area contributed by atoms with Gasteiger partial charge in [-0.15, -0.1) is 0 Å². The van der Waals surface area contributed by atoms with Crippen molar-refractivity contribution in [1.29, 1.82) is 0 Å². The van der Waals surface area contributed by atoms with Gasteiger partial charge >= 0.3 is 0 Å². The smallest absolute Gasteiger partial charge is 0.151 e. The fraction of sp³-hybridized carbons (Fsp3) is 0.455. The van der Waals surface area contributed by atoms with E-state index in [1.54, 1.807) is 6.20 Å². The Balaban J connectivity index is 2.27. The van der Waals surface area contributed by atoms with Gasteiger partial charge in [-0.25, -0.2) is 4.98 Å². The second-order valence-electron chi connectivity index (χ2n) is 3.71. The number of nitrogens with zero attached hydrogens (tertiary/aromatic N) is 2. The molecule has 0 spiro atoms. The van der Waals surface area contributed by atoms with Gasteiger partial charge in [0.1, 0.15) is 5.82 Å². The largest absolute Gasteiger partial charge is 0.357 e. The third kappa shape index (κ3) is 1.62. The molecule has 0 N–H and O–H groups in total. The maximum Gasteiger partial charge on any atom is 0.151 e. The molecule has 2 heterocycles. The Bertz CT molecular complexity index is 343. The highest BCUT2D eigenvalue weighted by Gasteiger charge is 2.13. The zero-order valence-electron chi connectivity index (χ0n) is 8.36. The van der Waals surface area contributed by atoms with Crippen LogP contribution in [0.5, 0.6) is 0 Å². The van der Waals surface area contributed by atoms with Crippen molar-refractivity contribution in [1.82, 2.24) is 4.98 Å². The van der Waals surface area contributed by atoms with Crippen LogP contribution >= 0.6 is 0 Å². The van der Waals surface area contributed by atoms with E-state index in [1.807, 2.05) is 13.0 Å². The van der Waals surface area contributed by atoms with Gasteiger partial charge in [-0.3, -0.25) is 4.79 Å². The van der Waals surface area contributed by atoms with Crippen molar-refractivity contribution in [3.63, 3.8) is 0 Å². The molecule has 0 saturated carbocycles. The maximum atomic E-state index is 10.6. The second-order valence-corrected chi connectivity index (χ2v) is 3.71. The van der Waals surface area contributed by atoms with Crippen LogP contribution in [0, 0.1) is 6.92 Å². The van der Waals surface area contributed by atoms with Gasteiger partial charge in [0.25, 0.3) is 0 Å². The third-order valence-electron chi connectivity index (χ3n) is 2.69. The van der Waals surface area contributed by atoms with E-state index in [-0.39, 0.29) is 0 Å². The van der Waals surface area contributed by atoms with Crippen LogP contribution in [-0.2, 0) is 0 Å². The summed E-state index contributed by atoms with van der Waals surface area (Å²) in [5, 5.41) is 0. The van der Waals surface area contributed by atoms with Crippen LogP contribution in [0.2, 0.25) is 0 Å². The summed E-state index contributed by atoms with van der Waals surface area (Å²) in [4.78, 5) is 17.2. The highest BCUT2D eigenvalue weighted by molar-refractivity contribution is 5.77. The van der Waals surface area contributed by atoms with Gasteiger partial charge in [0.2, 0.25) is 0 Å². The normalized spacial score (nSPS) is 15.9. The quantitative estimate of drug-likeness (QED) is 0.667. The standard InChI is InChI=1S/C11H14N2O/c1-9-6-11(12-7-10(9)8-14)13-4-2-3-5-13/h6-8H,2-5H2,1H3. The van der Waals surface area contributed by atoms with Gasteiger partial charge in [0.05, 0.1) is 0 Å². The summed E-state index contributed by atoms with van der Waals surface area (Å²) in [5.41, 5.74) is 1.70. The first-order valence-electron chi connectivity index (χ1n) is 4.98. The fourth-order valence-electron chi connectivity index (χ4n) is 1.79. The molecular formula is C11H14N2O. The molecule has 0 atom stereocenters. The van der Waals surface area contributed by atoms with Gasteiger partial charge in [0.15, 0.2) is 6.29 Å². The number of pyridine rings is 1. The first kappa shape index (κ1) is 9.19. The number of hydrogen-bond acceptors (Lipinski definition) is 3. The van der Waals surface area contributed by atoms with E-state index in [9.17, 15) is 4.79 Å². The summed E-state index contributed by atoms with van der Waals surface area (Å²) in [7, 11) is 0. The van der Waals surface area contributed by atoms with Crippen molar-refractivity contribution in [2.45, 2.75) is 19.8 Å². The predicted molar refractivity (Wildman–Crippen MR) is 55.8 cm³/mol. The van der Waals surface area contributed by atoms with Gasteiger partial charge in [-0.2, -0.15) is 0 Å². The lowest BCUT2D eigenvalue weighted by molar-refractivity contribution is 0.112. The molecule has 1 aliphatic rings. The van der Waals surface area contributed by atoms with Crippen LogP contribution < -0.4 is 4.90 Å². The van der Waals surface area contributed by atoms with E-state index in [0.29, 0.717) is 5.56 Å². The molecule has 0 aliphatic carbocycles. The molecule has 1 aromatic heterocycles. The fourth-order valence-corrected chi connectivity index (χ4v) is 1.79. The number of anilines is 1. The summed E-state index contributed by atoms with van der Waals surface area (Å²) in [6.45, 7) is 4.13. The number of hydrogen-bond donors (Lipinski definition) is 0. The predicted octanol–water partition coefficient (Wildman–Crippen LogP) is 1.80. The molecule has 0 amide bonds. The van der Waals surface area contributed by atoms with Crippen molar-refractivity contribution in [3.05, 3.63) is 23.4 Å². The summed E-state index contributed by atoms with van der Waals surface area (Å²) in [6.07, 6.45) is 5.01. The van der Waals surface area contributed by atoms with E-state index in [4.69, 9.17) is 0 Å². The van der Waals surface area contributed by atoms with E-state index in [2.05, 4.69) is 9.88 Å². The highest BCUT2D eigenvalue weighted by atomic mass is 16.1. The first-order chi connectivity index (χ1) is 6.81. The molecule has 1 aromatic rings. The lowest BCUT2D eigenvalue weighted by Crippen LogP contribution is -2.19. The molecule has 2 rings (SSSR count). The molecule has 0 aromatic carbocycles. The average molecular weight is 190 g/mol. The number of carbonyl (C=O) groups excluding carboxylic acids is 1. The Morgan fingerprint density at radius 2 is 2.14 bits per heavy atom. The van der Waals surface area contributed by atoms with Gasteiger partial charge in [-0.05, 0) is 31.4 Å². The van der Waals surface area contributed by atoms with Crippen molar-refractivity contribution in [2.24, 2.45) is 0 Å². The molecule has 0 radical (unpaired) electrons. The average Bonchev–Trinajstić information content (AvgIpc) is 2.70. The van der Waals surface area contributed by atoms with Gasteiger partial charge < -0.3 is 4.90 Å². The molecule has 14 heavy (non-hydrogen) atoms. The van der Waals surface area contributed by atoms with Crippen molar-refractivity contribution >= 4 is 12.1 Å². The summed E-state index contributed by atoms with van der Waals surface area (Å²) < 4.78 is 0. The molecule has 3 heteroatoms. The van der Waals surface area contributed by atoms with Crippen LogP contribution in [0.15, 0.2) is 12.3 Å². The molecule has 0 unspecified atom stereocenters. The first-order valence-corrected chi connectivity index (χ1v) is 4.98. The lowest BCUT2D eigenvalue weighted by Gasteiger charge is -2.16. The van der Waals surface area contributed by atoms with Gasteiger partial charge in [-0.1, -0.05) is 0 Å². The zero-order valence-corrected chi connectivity index (χ0v) is 8.36. The van der Waals surface area contributed by atoms with E-state index < -0.39 is 0 Å². The van der Waals surface area contributed by atoms with E-state index >= 15 is 0 Å². The summed E-state index contributed by atoms with van der Waals surface area (Å²) >= 11 is 0. The minimum absolute atomic E-state index is 0.688. The molecular weight excluding hydrogens is 176 g/mol. The zero-order chi connectivity index (χ0) is 9.97. The van der Waals surface area contributed by atoms with Gasteiger partial charge in [0, 0.05) is 24.8 Å². The van der Waals surface area contributed by atoms with Crippen LogP contribution in [0.4, 0.5) is 5.82 Å². The molecule has 1 fully saturated rings. The molecule has 3 nitrogen and oxygen atoms in total. The Hall–Kier alpha value is -1.38. The Morgan fingerprint density at radius 1 is 1.43 bits per heavy atom. The monoisotopic (exact) mass is 190 g/mol. The topological polar surface area (TPSA) is 33.2 Å². The minimum Gasteiger partial charge on any atom is -0.357 e. The lowest BCUT2D eigenvalue weighted by atomic mass is 10.2. The number of rotatable bonds is 2. The number of aryl methyl sites for hydroxylation is 1. The van der Waals surface area contributed by atoms with Crippen LogP contribution in [0.3, 0.4) is 0 Å². The SMILES string of the molecule is Cc1cc(N2CCCC2)ncc1C=O. The second kappa shape index (κ2) is 3.78. The van der Waals surface area contributed by atoms with Crippen LogP contribution in [0.1, 0.15) is 28.8 Å². The highest BCUT2D eigenvalue weighted by Crippen LogP contribution is 2.19. The van der Waals surface area contributed by atoms with Crippen molar-refractivity contribution < 1.29 is 4.79 Å². The Kier molecular flexibility index (Phi) is 2.48. The van der Waals surface area contributed by atoms with Crippen LogP contribution in [-0.4, -0.2) is 24.4 Å². The van der Waals surface area contributed by atoms with Crippen molar-refractivity contribution in [3.8, 4) is 0 Å². The number of aldehydes is 1. The molecule has 1 aliphatic heterocycles. The number of aromatic nitrogens is 1. The molecule has 1 saturated heterocycles. The summed E-state index contributed by atoms with van der Waals surface area (Å²) in [5.74, 6) is 1.01. The van der Waals surface area contributed by atoms with E-state index in [1.165, 1.54) is 12.8 Å². The minimum atomic E-state index is 0.688. The third-order valence-corrected chi connectivity index (χ3v) is 2.69. The Morgan fingerprint density at radius 3 is 2.71 bits per heavy atom. The molecule has 74 valence electrons. The van der Waals surface area contributed by atoms with Crippen molar-refractivity contribution in [2.75, 3.05) is 18.0 Å². The Labute approximate surface area is 83.8 Å². The van der Waals surface area contributed by atoms with E-state index in [0.717, 1.165) is 30.8 Å². The summed E-state index contributed by atoms with van der Waals surface area (Å²) in [6, 6.07) is 2.00. The number of carbonyl (C=O) groups is 1.